The van der Waals surface area contributed by atoms with Crippen LogP contribution in [0.3, 0.4) is 0 Å². The molecule has 2 aromatic heterocycles. The molecule has 6 N–H and O–H groups in total. The van der Waals surface area contributed by atoms with Crippen molar-refractivity contribution in [1.29, 1.82) is 0 Å². The molecule has 0 spiro atoms. The molecule has 1 fully saturated rings. The number of aliphatic hydroxyl groups is 3. The topological polar surface area (TPSA) is 229 Å². The number of hydrogen-bond acceptors (Lipinski definition) is 12. The number of rotatable bonds is 8. The van der Waals surface area contributed by atoms with E-state index >= 15 is 0 Å². The van der Waals surface area contributed by atoms with Crippen molar-refractivity contribution < 1.29 is 104 Å². The van der Waals surface area contributed by atoms with Crippen LogP contribution in [-0.4, -0.2) is 78.4 Å². The van der Waals surface area contributed by atoms with Gasteiger partial charge in [0.2, 0.25) is 0 Å². The van der Waals surface area contributed by atoms with Crippen molar-refractivity contribution in [3.8, 4) is 0 Å². The summed E-state index contributed by atoms with van der Waals surface area (Å²) in [5.74, 6) is 0.405. The number of ether oxygens (including phenoxy) is 1. The fourth-order valence-electron chi connectivity index (χ4n) is 2.82. The number of fused-ring (bicyclic) bond motifs is 1. The molecule has 0 saturated carbocycles. The minimum Gasteiger partial charge on any atom is -0.790 e. The van der Waals surface area contributed by atoms with Crippen molar-refractivity contribution >= 4 is 24.8 Å². The van der Waals surface area contributed by atoms with Crippen LogP contribution in [0.1, 0.15) is 13.2 Å². The molecule has 4 unspecified atom stereocenters. The average Bonchev–Trinajstić information content (AvgIpc) is 3.22. The van der Waals surface area contributed by atoms with Crippen LogP contribution in [0, 0.1) is 0 Å². The average molecular weight is 493 g/mol. The molecule has 17 heteroatoms. The molecular formula is C15H22N5Na2O9P. The molecule has 0 aromatic carbocycles. The van der Waals surface area contributed by atoms with E-state index in [9.17, 15) is 24.6 Å². The maximum absolute atomic E-state index is 10.6. The summed E-state index contributed by atoms with van der Waals surface area (Å²) in [5.41, 5.74) is 1.44. The van der Waals surface area contributed by atoms with Crippen molar-refractivity contribution in [2.75, 3.05) is 25.1 Å². The van der Waals surface area contributed by atoms with Gasteiger partial charge in [-0.3, -0.25) is 4.57 Å². The number of aromatic nitrogens is 4. The Morgan fingerprint density at radius 2 is 2.00 bits per heavy atom. The summed E-state index contributed by atoms with van der Waals surface area (Å²) in [7, 11) is -5.25. The predicted molar refractivity (Wildman–Crippen MR) is 97.8 cm³/mol. The fourth-order valence-corrected chi connectivity index (χ4v) is 3.14. The number of phosphoric acid groups is 1. The summed E-state index contributed by atoms with van der Waals surface area (Å²) in [6.07, 6.45) is -0.935. The van der Waals surface area contributed by atoms with Crippen LogP contribution < -0.4 is 74.2 Å². The van der Waals surface area contributed by atoms with Gasteiger partial charge in [-0.25, -0.2) is 15.0 Å². The molecule has 4 atom stereocenters. The molecule has 0 amide bonds. The largest absolute Gasteiger partial charge is 1.00 e. The summed E-state index contributed by atoms with van der Waals surface area (Å²) in [5, 5.41) is 32.4. The fraction of sp³-hybridized carbons (Fsp3) is 0.533. The second-order valence-electron chi connectivity index (χ2n) is 6.43. The molecule has 3 rings (SSSR count). The summed E-state index contributed by atoms with van der Waals surface area (Å²) in [6.45, 7) is 1.36. The van der Waals surface area contributed by atoms with E-state index in [1.54, 1.807) is 13.0 Å². The third-order valence-corrected chi connectivity index (χ3v) is 4.80. The summed E-state index contributed by atoms with van der Waals surface area (Å²) in [6, 6.07) is 0. The Hall–Kier alpha value is 0. The Morgan fingerprint density at radius 1 is 1.31 bits per heavy atom. The Morgan fingerprint density at radius 3 is 2.62 bits per heavy atom. The maximum atomic E-state index is 10.6. The first-order valence-corrected chi connectivity index (χ1v) is 10.0. The molecule has 0 bridgehead atoms. The van der Waals surface area contributed by atoms with Crippen LogP contribution >= 0.6 is 7.82 Å². The molecule has 168 valence electrons. The number of phosphoric ester groups is 1. The Kier molecular flexibility index (Phi) is 13.8. The van der Waals surface area contributed by atoms with Crippen molar-refractivity contribution in [3.05, 3.63) is 24.3 Å². The van der Waals surface area contributed by atoms with Crippen LogP contribution in [0.4, 0.5) is 5.82 Å². The van der Waals surface area contributed by atoms with Crippen LogP contribution in [0.15, 0.2) is 24.3 Å². The van der Waals surface area contributed by atoms with Crippen LogP contribution in [-0.2, 0) is 13.8 Å². The maximum Gasteiger partial charge on any atom is 1.00 e. The Balaban J connectivity index is 0.00000320. The van der Waals surface area contributed by atoms with Crippen LogP contribution in [0.25, 0.3) is 11.2 Å². The van der Waals surface area contributed by atoms with Gasteiger partial charge in [-0.05, 0) is 6.92 Å². The number of aliphatic hydroxyl groups excluding tert-OH is 3. The first-order valence-electron chi connectivity index (χ1n) is 8.57. The molecule has 32 heavy (non-hydrogen) atoms. The van der Waals surface area contributed by atoms with E-state index in [0.717, 1.165) is 5.57 Å². The van der Waals surface area contributed by atoms with Gasteiger partial charge in [0.1, 0.15) is 24.6 Å². The number of imidazole rings is 1. The predicted octanol–water partition coefficient (Wildman–Crippen LogP) is -9.18. The molecule has 1 aliphatic heterocycles. The van der Waals surface area contributed by atoms with Crippen molar-refractivity contribution in [2.45, 2.75) is 31.5 Å². The van der Waals surface area contributed by atoms with Gasteiger partial charge in [-0.15, -0.1) is 0 Å². The molecule has 0 radical (unpaired) electrons. The van der Waals surface area contributed by atoms with E-state index in [4.69, 9.17) is 9.84 Å². The van der Waals surface area contributed by atoms with E-state index in [2.05, 4.69) is 24.8 Å². The number of hydrogen-bond donors (Lipinski definition) is 4. The van der Waals surface area contributed by atoms with E-state index in [1.807, 2.05) is 0 Å². The molecule has 1 aliphatic rings. The number of nitrogens with zero attached hydrogens (tertiary/aromatic N) is 4. The van der Waals surface area contributed by atoms with Crippen LogP contribution in [0.5, 0.6) is 0 Å². The van der Waals surface area contributed by atoms with Crippen molar-refractivity contribution in [3.63, 3.8) is 0 Å². The normalized spacial score (nSPS) is 23.2. The van der Waals surface area contributed by atoms with E-state index in [-0.39, 0.29) is 71.2 Å². The van der Waals surface area contributed by atoms with Crippen LogP contribution in [0.2, 0.25) is 0 Å². The van der Waals surface area contributed by atoms with Crippen molar-refractivity contribution in [1.82, 2.24) is 19.5 Å². The van der Waals surface area contributed by atoms with Gasteiger partial charge in [0.25, 0.3) is 0 Å². The molecule has 0 aliphatic carbocycles. The van der Waals surface area contributed by atoms with Gasteiger partial charge in [0.15, 0.2) is 23.2 Å². The Labute approximate surface area is 227 Å². The molecule has 2 aromatic rings. The SMILES string of the molecule is CC(=CCNc1ncnc2c1ncn2C1OC(COP(=O)([O-])[O-])C(O)C1O)CO.O.[Na+].[Na+]. The summed E-state index contributed by atoms with van der Waals surface area (Å²) >= 11 is 0. The third-order valence-electron chi connectivity index (χ3n) is 4.34. The van der Waals surface area contributed by atoms with Gasteiger partial charge >= 0.3 is 59.1 Å². The van der Waals surface area contributed by atoms with E-state index < -0.39 is 39.0 Å². The first kappa shape index (κ1) is 32.0. The minimum absolute atomic E-state index is 0. The second kappa shape index (κ2) is 13.8. The third kappa shape index (κ3) is 7.77. The minimum atomic E-state index is -5.25. The van der Waals surface area contributed by atoms with Gasteiger partial charge in [-0.1, -0.05) is 11.6 Å². The van der Waals surface area contributed by atoms with E-state index in [0.29, 0.717) is 23.5 Å². The van der Waals surface area contributed by atoms with Gasteiger partial charge < -0.3 is 49.7 Å². The first-order chi connectivity index (χ1) is 13.7. The molecule has 3 heterocycles. The Bertz CT molecular complexity index is 943. The molecule has 1 saturated heterocycles. The zero-order valence-corrected chi connectivity index (χ0v) is 22.7. The van der Waals surface area contributed by atoms with E-state index in [1.165, 1.54) is 17.2 Å². The summed E-state index contributed by atoms with van der Waals surface area (Å²) in [4.78, 5) is 33.7. The summed E-state index contributed by atoms with van der Waals surface area (Å²) < 4.78 is 21.6. The van der Waals surface area contributed by atoms with Gasteiger partial charge in [0.05, 0.1) is 27.4 Å². The quantitative estimate of drug-likeness (QED) is 0.153. The monoisotopic (exact) mass is 493 g/mol. The standard InChI is InChI=1S/C15H22N5O8P.2Na.H2O/c1-8(4-21)2-3-16-13-10-14(18-6-17-13)20(7-19-10)15-12(23)11(22)9(28-15)5-27-29(24,25)26;;;/h2,6-7,9,11-12,15,21-23H,3-5H2,1H3,(H,16,17,18)(H2,24,25,26);;;1H2/q;2*+1;/p-2. The van der Waals surface area contributed by atoms with Gasteiger partial charge in [0, 0.05) is 6.54 Å². The number of anilines is 1. The van der Waals surface area contributed by atoms with Gasteiger partial charge in [-0.2, -0.15) is 0 Å². The zero-order chi connectivity index (χ0) is 21.2. The smallest absolute Gasteiger partial charge is 0.790 e. The number of nitrogens with one attached hydrogen (secondary N) is 1. The zero-order valence-electron chi connectivity index (χ0n) is 17.8. The second-order valence-corrected chi connectivity index (χ2v) is 7.58. The molecular weight excluding hydrogens is 471 g/mol. The molecule has 14 nitrogen and oxygen atoms in total. The van der Waals surface area contributed by atoms with Crippen molar-refractivity contribution in [2.24, 2.45) is 0 Å².